The Hall–Kier alpha value is -0.410. The first kappa shape index (κ1) is 15.6. The van der Waals surface area contributed by atoms with Gasteiger partial charge in [0.2, 0.25) is 0 Å². The van der Waals surface area contributed by atoms with Crippen LogP contribution in [0.25, 0.3) is 0 Å². The van der Waals surface area contributed by atoms with E-state index in [1.165, 1.54) is 6.42 Å². The molecule has 0 amide bonds. The summed E-state index contributed by atoms with van der Waals surface area (Å²) < 4.78 is 5.92. The number of hydrogen-bond acceptors (Lipinski definition) is 3. The van der Waals surface area contributed by atoms with E-state index in [4.69, 9.17) is 4.74 Å². The van der Waals surface area contributed by atoms with Crippen LogP contribution >= 0.6 is 0 Å². The van der Waals surface area contributed by atoms with E-state index in [2.05, 4.69) is 25.8 Å². The Morgan fingerprint density at radius 1 is 1.33 bits per heavy atom. The molecule has 3 nitrogen and oxygen atoms in total. The van der Waals surface area contributed by atoms with Crippen molar-refractivity contribution in [3.8, 4) is 0 Å². The Bertz CT molecular complexity index is 310. The highest BCUT2D eigenvalue weighted by molar-refractivity contribution is 5.91. The predicted molar refractivity (Wildman–Crippen MR) is 74.7 cm³/mol. The van der Waals surface area contributed by atoms with E-state index >= 15 is 0 Å². The molecule has 0 aromatic heterocycles. The minimum absolute atomic E-state index is 0.0263. The molecule has 1 fully saturated rings. The van der Waals surface area contributed by atoms with Gasteiger partial charge in [-0.15, -0.1) is 0 Å². The molecule has 0 radical (unpaired) electrons. The molecular formula is C15H29NO2. The van der Waals surface area contributed by atoms with Crippen LogP contribution in [0.15, 0.2) is 0 Å². The van der Waals surface area contributed by atoms with E-state index in [1.54, 1.807) is 0 Å². The first-order valence-electron chi connectivity index (χ1n) is 7.03. The zero-order valence-electron chi connectivity index (χ0n) is 13.0. The second-order valence-corrected chi connectivity index (χ2v) is 6.87. The van der Waals surface area contributed by atoms with Gasteiger partial charge in [-0.3, -0.25) is 4.79 Å². The standard InChI is InChI=1S/C15H29NO2/c1-8-11(2)9-16(7)10-12-13(17)15(5,6)18-14(12,3)4/h11-12H,8-10H2,1-7H3. The average molecular weight is 255 g/mol. The number of rotatable bonds is 5. The maximum absolute atomic E-state index is 12.4. The summed E-state index contributed by atoms with van der Waals surface area (Å²) in [7, 11) is 2.10. The smallest absolute Gasteiger partial charge is 0.171 e. The van der Waals surface area contributed by atoms with Gasteiger partial charge in [0, 0.05) is 13.1 Å². The van der Waals surface area contributed by atoms with E-state index in [9.17, 15) is 4.79 Å². The van der Waals surface area contributed by atoms with Crippen LogP contribution in [-0.2, 0) is 9.53 Å². The second kappa shape index (κ2) is 5.30. The maximum Gasteiger partial charge on any atom is 0.171 e. The molecule has 18 heavy (non-hydrogen) atoms. The monoisotopic (exact) mass is 255 g/mol. The molecule has 0 aliphatic carbocycles. The lowest BCUT2D eigenvalue weighted by Crippen LogP contribution is -2.40. The SMILES string of the molecule is CCC(C)CN(C)CC1C(=O)C(C)(C)OC1(C)C. The van der Waals surface area contributed by atoms with Gasteiger partial charge >= 0.3 is 0 Å². The highest BCUT2D eigenvalue weighted by Gasteiger charge is 2.53. The Kier molecular flexibility index (Phi) is 4.60. The molecule has 1 aliphatic rings. The number of hydrogen-bond donors (Lipinski definition) is 0. The van der Waals surface area contributed by atoms with Crippen molar-refractivity contribution in [2.75, 3.05) is 20.1 Å². The van der Waals surface area contributed by atoms with E-state index in [-0.39, 0.29) is 17.3 Å². The molecule has 1 heterocycles. The Labute approximate surface area is 112 Å². The van der Waals surface area contributed by atoms with Crippen LogP contribution in [0.1, 0.15) is 48.0 Å². The Balaban J connectivity index is 2.69. The second-order valence-electron chi connectivity index (χ2n) is 6.87. The van der Waals surface area contributed by atoms with E-state index < -0.39 is 5.60 Å². The first-order valence-corrected chi connectivity index (χ1v) is 7.03. The minimum atomic E-state index is -0.634. The fraction of sp³-hybridized carbons (Fsp3) is 0.933. The van der Waals surface area contributed by atoms with Crippen molar-refractivity contribution in [1.29, 1.82) is 0 Å². The van der Waals surface area contributed by atoms with Crippen molar-refractivity contribution in [3.63, 3.8) is 0 Å². The van der Waals surface area contributed by atoms with Crippen LogP contribution in [0.3, 0.4) is 0 Å². The Morgan fingerprint density at radius 3 is 2.28 bits per heavy atom. The molecule has 1 rings (SSSR count). The summed E-state index contributed by atoms with van der Waals surface area (Å²) in [5.41, 5.74) is -0.990. The molecule has 2 unspecified atom stereocenters. The zero-order valence-corrected chi connectivity index (χ0v) is 13.0. The number of ketones is 1. The van der Waals surface area contributed by atoms with Crippen molar-refractivity contribution in [2.24, 2.45) is 11.8 Å². The van der Waals surface area contributed by atoms with Gasteiger partial charge in [-0.25, -0.2) is 0 Å². The number of ether oxygens (including phenoxy) is 1. The summed E-state index contributed by atoms with van der Waals surface area (Å²) in [5, 5.41) is 0. The zero-order chi connectivity index (χ0) is 14.1. The summed E-state index contributed by atoms with van der Waals surface area (Å²) in [4.78, 5) is 14.6. The molecule has 2 atom stereocenters. The van der Waals surface area contributed by atoms with Crippen LogP contribution in [0, 0.1) is 11.8 Å². The van der Waals surface area contributed by atoms with Gasteiger partial charge in [0.05, 0.1) is 11.5 Å². The Morgan fingerprint density at radius 2 is 1.89 bits per heavy atom. The first-order chi connectivity index (χ1) is 8.10. The lowest BCUT2D eigenvalue weighted by Gasteiger charge is -2.29. The van der Waals surface area contributed by atoms with Gasteiger partial charge in [-0.05, 0) is 40.7 Å². The molecule has 106 valence electrons. The van der Waals surface area contributed by atoms with Crippen LogP contribution in [0.2, 0.25) is 0 Å². The summed E-state index contributed by atoms with van der Waals surface area (Å²) in [6.07, 6.45) is 1.17. The lowest BCUT2D eigenvalue weighted by molar-refractivity contribution is -0.132. The normalized spacial score (nSPS) is 27.8. The lowest BCUT2D eigenvalue weighted by atomic mass is 9.85. The fourth-order valence-corrected chi connectivity index (χ4v) is 2.86. The van der Waals surface area contributed by atoms with Gasteiger partial charge in [0.25, 0.3) is 0 Å². The largest absolute Gasteiger partial charge is 0.361 e. The van der Waals surface area contributed by atoms with Gasteiger partial charge < -0.3 is 9.64 Å². The van der Waals surface area contributed by atoms with Crippen molar-refractivity contribution in [2.45, 2.75) is 59.2 Å². The highest BCUT2D eigenvalue weighted by Crippen LogP contribution is 2.39. The molecular weight excluding hydrogens is 226 g/mol. The van der Waals surface area contributed by atoms with E-state index in [1.807, 2.05) is 27.7 Å². The number of Topliss-reactive ketones (excluding diaryl/α,β-unsaturated/α-hetero) is 1. The summed E-state index contributed by atoms with van der Waals surface area (Å²) in [6.45, 7) is 14.1. The third-order valence-corrected chi connectivity index (χ3v) is 4.08. The quantitative estimate of drug-likeness (QED) is 0.756. The van der Waals surface area contributed by atoms with Gasteiger partial charge in [0.15, 0.2) is 5.78 Å². The number of carbonyl (C=O) groups excluding carboxylic acids is 1. The van der Waals surface area contributed by atoms with Crippen LogP contribution in [-0.4, -0.2) is 42.0 Å². The van der Waals surface area contributed by atoms with Gasteiger partial charge in [0.1, 0.15) is 5.60 Å². The van der Waals surface area contributed by atoms with Gasteiger partial charge in [-0.2, -0.15) is 0 Å². The third kappa shape index (κ3) is 3.33. The summed E-state index contributed by atoms with van der Waals surface area (Å²) in [6, 6.07) is 0. The molecule has 0 aromatic rings. The van der Waals surface area contributed by atoms with Crippen molar-refractivity contribution >= 4 is 5.78 Å². The van der Waals surface area contributed by atoms with Crippen LogP contribution in [0.5, 0.6) is 0 Å². The molecule has 0 aromatic carbocycles. The topological polar surface area (TPSA) is 29.5 Å². The minimum Gasteiger partial charge on any atom is -0.361 e. The highest BCUT2D eigenvalue weighted by atomic mass is 16.5. The fourth-order valence-electron chi connectivity index (χ4n) is 2.86. The average Bonchev–Trinajstić information content (AvgIpc) is 2.36. The van der Waals surface area contributed by atoms with E-state index in [0.717, 1.165) is 13.1 Å². The van der Waals surface area contributed by atoms with Crippen LogP contribution < -0.4 is 0 Å². The summed E-state index contributed by atoms with van der Waals surface area (Å²) in [5.74, 6) is 0.883. The molecule has 3 heteroatoms. The van der Waals surface area contributed by atoms with Crippen molar-refractivity contribution in [1.82, 2.24) is 4.90 Å². The molecule has 0 saturated carbocycles. The van der Waals surface area contributed by atoms with Gasteiger partial charge in [-0.1, -0.05) is 20.3 Å². The third-order valence-electron chi connectivity index (χ3n) is 4.08. The van der Waals surface area contributed by atoms with Crippen molar-refractivity contribution < 1.29 is 9.53 Å². The van der Waals surface area contributed by atoms with Crippen molar-refractivity contribution in [3.05, 3.63) is 0 Å². The molecule has 0 N–H and O–H groups in total. The molecule has 0 bridgehead atoms. The molecule has 1 aliphatic heterocycles. The maximum atomic E-state index is 12.4. The number of nitrogens with zero attached hydrogens (tertiary/aromatic N) is 1. The van der Waals surface area contributed by atoms with Crippen LogP contribution in [0.4, 0.5) is 0 Å². The van der Waals surface area contributed by atoms with E-state index in [0.29, 0.717) is 5.92 Å². The molecule has 1 saturated heterocycles. The summed E-state index contributed by atoms with van der Waals surface area (Å²) >= 11 is 0. The molecule has 0 spiro atoms. The number of carbonyl (C=O) groups is 1. The predicted octanol–water partition coefficient (Wildman–Crippen LogP) is 2.74.